The van der Waals surface area contributed by atoms with Gasteiger partial charge in [-0.1, -0.05) is 11.6 Å². The largest absolute Gasteiger partial charge is 0.308 e. The van der Waals surface area contributed by atoms with Crippen LogP contribution in [0.15, 0.2) is 30.6 Å². The number of aryl methyl sites for hydroxylation is 2. The Labute approximate surface area is 151 Å². The summed E-state index contributed by atoms with van der Waals surface area (Å²) in [7, 11) is 0. The van der Waals surface area contributed by atoms with Crippen LogP contribution in [0, 0.1) is 13.8 Å². The Kier molecular flexibility index (Phi) is 4.31. The Morgan fingerprint density at radius 2 is 2.04 bits per heavy atom. The lowest BCUT2D eigenvalue weighted by molar-refractivity contribution is 0.357. The predicted octanol–water partition coefficient (Wildman–Crippen LogP) is 2.84. The summed E-state index contributed by atoms with van der Waals surface area (Å²) in [5.74, 6) is 1.08. The summed E-state index contributed by atoms with van der Waals surface area (Å²) in [6.07, 6.45) is 3.70. The zero-order chi connectivity index (χ0) is 17.4. The van der Waals surface area contributed by atoms with E-state index in [1.807, 2.05) is 33.6 Å². The highest BCUT2D eigenvalue weighted by Crippen LogP contribution is 2.20. The van der Waals surface area contributed by atoms with Gasteiger partial charge < -0.3 is 5.32 Å². The number of benzene rings is 1. The lowest BCUT2D eigenvalue weighted by Crippen LogP contribution is -2.37. The Morgan fingerprint density at radius 1 is 1.24 bits per heavy atom. The number of aromatic nitrogens is 5. The lowest BCUT2D eigenvalue weighted by atomic mass is 10.1. The third kappa shape index (κ3) is 3.19. The van der Waals surface area contributed by atoms with E-state index in [4.69, 9.17) is 16.7 Å². The van der Waals surface area contributed by atoms with Crippen LogP contribution in [-0.2, 0) is 19.5 Å². The standard InChI is InChI=1S/C18H21ClN6/c1-12-17(9-20-15-5-8-18-21-11-22-24(18)10-15)13(2)25(23-12)16-6-3-14(19)4-7-16/h3-4,6-7,11,15,20H,5,8-10H2,1-2H3. The molecular weight excluding hydrogens is 336 g/mol. The third-order valence-electron chi connectivity index (χ3n) is 4.89. The van der Waals surface area contributed by atoms with E-state index in [9.17, 15) is 0 Å². The first-order chi connectivity index (χ1) is 12.1. The van der Waals surface area contributed by atoms with Gasteiger partial charge in [0.25, 0.3) is 0 Å². The van der Waals surface area contributed by atoms with Crippen LogP contribution >= 0.6 is 11.6 Å². The average Bonchev–Trinajstić information content (AvgIpc) is 3.18. The molecule has 25 heavy (non-hydrogen) atoms. The number of nitrogens with one attached hydrogen (secondary N) is 1. The Hall–Kier alpha value is -2.18. The van der Waals surface area contributed by atoms with E-state index in [0.717, 1.165) is 53.9 Å². The van der Waals surface area contributed by atoms with E-state index >= 15 is 0 Å². The number of rotatable bonds is 4. The van der Waals surface area contributed by atoms with Gasteiger partial charge in [0, 0.05) is 35.3 Å². The molecule has 0 fully saturated rings. The maximum absolute atomic E-state index is 5.99. The fraction of sp³-hybridized carbons (Fsp3) is 0.389. The Bertz CT molecular complexity index is 880. The maximum Gasteiger partial charge on any atom is 0.138 e. The van der Waals surface area contributed by atoms with Crippen molar-refractivity contribution in [3.05, 3.63) is 58.4 Å². The summed E-state index contributed by atoms with van der Waals surface area (Å²) < 4.78 is 3.98. The van der Waals surface area contributed by atoms with Crippen molar-refractivity contribution in [2.45, 2.75) is 45.8 Å². The Morgan fingerprint density at radius 3 is 2.84 bits per heavy atom. The van der Waals surface area contributed by atoms with Crippen molar-refractivity contribution >= 4 is 11.6 Å². The summed E-state index contributed by atoms with van der Waals surface area (Å²) in [5.41, 5.74) is 4.49. The summed E-state index contributed by atoms with van der Waals surface area (Å²) in [6.45, 7) is 5.85. The smallest absolute Gasteiger partial charge is 0.138 e. The van der Waals surface area contributed by atoms with Gasteiger partial charge in [-0.2, -0.15) is 10.2 Å². The summed E-state index contributed by atoms with van der Waals surface area (Å²) in [6, 6.07) is 8.18. The van der Waals surface area contributed by atoms with E-state index in [2.05, 4.69) is 29.2 Å². The van der Waals surface area contributed by atoms with Gasteiger partial charge in [-0.3, -0.25) is 0 Å². The molecule has 0 amide bonds. The van der Waals surface area contributed by atoms with Crippen LogP contribution < -0.4 is 5.32 Å². The highest BCUT2D eigenvalue weighted by atomic mass is 35.5. The molecule has 0 saturated heterocycles. The number of nitrogens with zero attached hydrogens (tertiary/aromatic N) is 5. The highest BCUT2D eigenvalue weighted by molar-refractivity contribution is 6.30. The Balaban J connectivity index is 1.49. The SMILES string of the molecule is Cc1nn(-c2ccc(Cl)cc2)c(C)c1CNC1CCc2ncnn2C1. The maximum atomic E-state index is 5.99. The first-order valence-electron chi connectivity index (χ1n) is 8.53. The van der Waals surface area contributed by atoms with Crippen LogP contribution in [0.1, 0.15) is 29.2 Å². The van der Waals surface area contributed by atoms with E-state index < -0.39 is 0 Å². The van der Waals surface area contributed by atoms with Crippen molar-refractivity contribution in [1.29, 1.82) is 0 Å². The number of hydrogen-bond donors (Lipinski definition) is 1. The first-order valence-corrected chi connectivity index (χ1v) is 8.90. The fourth-order valence-electron chi connectivity index (χ4n) is 3.42. The molecule has 1 N–H and O–H groups in total. The van der Waals surface area contributed by atoms with Crippen molar-refractivity contribution in [3.8, 4) is 5.69 Å². The first kappa shape index (κ1) is 16.3. The molecule has 1 unspecified atom stereocenters. The van der Waals surface area contributed by atoms with E-state index in [1.54, 1.807) is 6.33 Å². The summed E-state index contributed by atoms with van der Waals surface area (Å²) in [4.78, 5) is 4.28. The zero-order valence-corrected chi connectivity index (χ0v) is 15.2. The number of hydrogen-bond acceptors (Lipinski definition) is 4. The lowest BCUT2D eigenvalue weighted by Gasteiger charge is -2.23. The van der Waals surface area contributed by atoms with Gasteiger partial charge in [0.2, 0.25) is 0 Å². The molecule has 0 bridgehead atoms. The van der Waals surface area contributed by atoms with Crippen LogP contribution in [0.2, 0.25) is 5.02 Å². The molecule has 130 valence electrons. The molecule has 0 spiro atoms. The second-order valence-electron chi connectivity index (χ2n) is 6.51. The number of fused-ring (bicyclic) bond motifs is 1. The second-order valence-corrected chi connectivity index (χ2v) is 6.95. The molecule has 4 rings (SSSR count). The summed E-state index contributed by atoms with van der Waals surface area (Å²) in [5, 5.41) is 13.4. The number of halogens is 1. The third-order valence-corrected chi connectivity index (χ3v) is 5.14. The van der Waals surface area contributed by atoms with Crippen molar-refractivity contribution in [3.63, 3.8) is 0 Å². The molecule has 1 aliphatic heterocycles. The van der Waals surface area contributed by atoms with Gasteiger partial charge in [-0.25, -0.2) is 14.3 Å². The molecule has 0 radical (unpaired) electrons. The van der Waals surface area contributed by atoms with Crippen LogP contribution in [-0.4, -0.2) is 30.6 Å². The van der Waals surface area contributed by atoms with Gasteiger partial charge in [0.1, 0.15) is 12.2 Å². The molecule has 2 aromatic heterocycles. The van der Waals surface area contributed by atoms with Gasteiger partial charge in [-0.05, 0) is 44.5 Å². The highest BCUT2D eigenvalue weighted by Gasteiger charge is 2.20. The molecule has 1 aromatic carbocycles. The zero-order valence-electron chi connectivity index (χ0n) is 14.4. The minimum absolute atomic E-state index is 0.409. The van der Waals surface area contributed by atoms with Crippen molar-refractivity contribution < 1.29 is 0 Å². The van der Waals surface area contributed by atoms with Crippen molar-refractivity contribution in [2.24, 2.45) is 0 Å². The van der Waals surface area contributed by atoms with E-state index in [-0.39, 0.29) is 0 Å². The molecule has 0 aliphatic carbocycles. The van der Waals surface area contributed by atoms with E-state index in [0.29, 0.717) is 6.04 Å². The quantitative estimate of drug-likeness (QED) is 0.780. The van der Waals surface area contributed by atoms with Crippen LogP contribution in [0.25, 0.3) is 5.69 Å². The van der Waals surface area contributed by atoms with Gasteiger partial charge >= 0.3 is 0 Å². The predicted molar refractivity (Wildman–Crippen MR) is 97.0 cm³/mol. The average molecular weight is 357 g/mol. The van der Waals surface area contributed by atoms with Gasteiger partial charge in [-0.15, -0.1) is 0 Å². The van der Waals surface area contributed by atoms with Gasteiger partial charge in [0.15, 0.2) is 0 Å². The molecule has 1 aliphatic rings. The van der Waals surface area contributed by atoms with Gasteiger partial charge in [0.05, 0.1) is 17.9 Å². The molecule has 1 atom stereocenters. The second kappa shape index (κ2) is 6.61. The minimum Gasteiger partial charge on any atom is -0.308 e. The van der Waals surface area contributed by atoms with E-state index in [1.165, 1.54) is 5.56 Å². The molecule has 7 heteroatoms. The molecular formula is C18H21ClN6. The minimum atomic E-state index is 0.409. The monoisotopic (exact) mass is 356 g/mol. The topological polar surface area (TPSA) is 60.6 Å². The van der Waals surface area contributed by atoms with Crippen LogP contribution in [0.5, 0.6) is 0 Å². The van der Waals surface area contributed by atoms with Crippen molar-refractivity contribution in [1.82, 2.24) is 29.9 Å². The molecule has 3 heterocycles. The fourth-order valence-corrected chi connectivity index (χ4v) is 3.54. The molecule has 6 nitrogen and oxygen atoms in total. The van der Waals surface area contributed by atoms with Crippen molar-refractivity contribution in [2.75, 3.05) is 0 Å². The molecule has 3 aromatic rings. The molecule has 0 saturated carbocycles. The van der Waals surface area contributed by atoms with Crippen LogP contribution in [0.3, 0.4) is 0 Å². The normalized spacial score (nSPS) is 16.8. The summed E-state index contributed by atoms with van der Waals surface area (Å²) >= 11 is 5.99. The van der Waals surface area contributed by atoms with Crippen LogP contribution in [0.4, 0.5) is 0 Å².